The van der Waals surface area contributed by atoms with Gasteiger partial charge in [-0.2, -0.15) is 10.1 Å². The normalized spacial score (nSPS) is 17.1. The average molecular weight is 743 g/mol. The number of primary amides is 1. The van der Waals surface area contributed by atoms with Crippen LogP contribution in [0, 0.1) is 12.7 Å². The van der Waals surface area contributed by atoms with Crippen LogP contribution in [0.5, 0.6) is 0 Å². The molecule has 55 heavy (non-hydrogen) atoms. The number of fused-ring (bicyclic) bond motifs is 1. The molecule has 14 nitrogen and oxygen atoms in total. The molecule has 0 radical (unpaired) electrons. The van der Waals surface area contributed by atoms with Crippen LogP contribution in [-0.4, -0.2) is 85.7 Å². The molecule has 0 bridgehead atoms. The number of H-pyrrole nitrogens is 1. The van der Waals surface area contributed by atoms with Gasteiger partial charge in [0.25, 0.3) is 11.7 Å². The smallest absolute Gasteiger partial charge is 0.290 e. The molecule has 2 atom stereocenters. The van der Waals surface area contributed by atoms with Crippen molar-refractivity contribution in [3.8, 4) is 22.5 Å². The van der Waals surface area contributed by atoms with Crippen molar-refractivity contribution in [3.63, 3.8) is 0 Å². The molecule has 3 amide bonds. The number of anilines is 1. The number of halogens is 1. The van der Waals surface area contributed by atoms with Crippen molar-refractivity contribution in [2.75, 3.05) is 37.6 Å². The minimum atomic E-state index is -0.738. The Morgan fingerprint density at radius 1 is 1.02 bits per heavy atom. The number of carbonyl (C=O) groups excluding carboxylic acids is 3. The summed E-state index contributed by atoms with van der Waals surface area (Å²) < 4.78 is 20.3. The van der Waals surface area contributed by atoms with Crippen LogP contribution in [0.1, 0.15) is 70.4 Å². The number of imide groups is 1. The number of hydrogen-bond donors (Lipinski definition) is 3. The van der Waals surface area contributed by atoms with Crippen molar-refractivity contribution < 1.29 is 23.3 Å². The number of carbonyl (C=O) groups is 3. The van der Waals surface area contributed by atoms with Gasteiger partial charge in [0, 0.05) is 67.4 Å². The number of piperazine rings is 1. The molecule has 15 heteroatoms. The summed E-state index contributed by atoms with van der Waals surface area (Å²) in [7, 11) is 0. The maximum absolute atomic E-state index is 15.0. The van der Waals surface area contributed by atoms with E-state index in [1.54, 1.807) is 12.3 Å². The summed E-state index contributed by atoms with van der Waals surface area (Å²) in [5.74, 6) is -2.57. The fourth-order valence-electron chi connectivity index (χ4n) is 7.48. The average Bonchev–Trinajstić information content (AvgIpc) is 3.86. The number of benzene rings is 2. The fraction of sp³-hybridized carbons (Fsp3) is 0.300. The number of nitrogens with one attached hydrogen (secondary N) is 2. The number of aromatic amines is 1. The van der Waals surface area contributed by atoms with Crippen LogP contribution in [0.4, 0.5) is 10.1 Å². The van der Waals surface area contributed by atoms with Crippen LogP contribution < -0.4 is 16.0 Å². The molecule has 0 saturated carbocycles. The standard InChI is InChI=1S/C40H39FN10O4/c1-22-17-25(4-7-28(22)23(2)40-46-38(36(42)53)49-55-40)35-31-19-26(20-44-37(31)48-47-35)33-9-5-27(21-43-33)51-15-13-50(14-16-51)12-11-24-3-6-29(32(41)18-24)30-8-10-34(52)45-39(30)54/h3-7,9,17-21,23,30H,8,10-16H2,1-2H3,(H2,42,53)(H,44,47,48)(H,45,52,54)/t23-,30+/m1/s1. The predicted octanol–water partition coefficient (Wildman–Crippen LogP) is 4.65. The Morgan fingerprint density at radius 3 is 2.56 bits per heavy atom. The molecule has 4 aromatic heterocycles. The summed E-state index contributed by atoms with van der Waals surface area (Å²) in [6.07, 6.45) is 4.93. The Balaban J connectivity index is 0.885. The van der Waals surface area contributed by atoms with Crippen LogP contribution in [-0.2, 0) is 16.0 Å². The van der Waals surface area contributed by atoms with E-state index in [1.807, 2.05) is 50.4 Å². The molecule has 0 unspecified atom stereocenters. The molecule has 2 aromatic carbocycles. The van der Waals surface area contributed by atoms with E-state index in [0.717, 1.165) is 83.0 Å². The number of rotatable bonds is 10. The highest BCUT2D eigenvalue weighted by Crippen LogP contribution is 2.33. The van der Waals surface area contributed by atoms with E-state index >= 15 is 0 Å². The third kappa shape index (κ3) is 7.30. The van der Waals surface area contributed by atoms with Crippen molar-refractivity contribution in [2.24, 2.45) is 5.73 Å². The second kappa shape index (κ2) is 14.8. The molecule has 6 aromatic rings. The summed E-state index contributed by atoms with van der Waals surface area (Å²) in [6, 6.07) is 17.3. The largest absolute Gasteiger partial charge is 0.368 e. The van der Waals surface area contributed by atoms with Gasteiger partial charge in [0.15, 0.2) is 5.65 Å². The monoisotopic (exact) mass is 742 g/mol. The lowest BCUT2D eigenvalue weighted by Gasteiger charge is -2.36. The number of nitrogens with zero attached hydrogens (tertiary/aromatic N) is 7. The van der Waals surface area contributed by atoms with Gasteiger partial charge in [-0.25, -0.2) is 9.37 Å². The first kappa shape index (κ1) is 35.7. The number of nitrogens with two attached hydrogens (primary N) is 1. The van der Waals surface area contributed by atoms with Crippen LogP contribution in [0.25, 0.3) is 33.5 Å². The first-order valence-corrected chi connectivity index (χ1v) is 18.3. The molecule has 0 aliphatic carbocycles. The zero-order chi connectivity index (χ0) is 38.2. The lowest BCUT2D eigenvalue weighted by atomic mass is 9.89. The Bertz CT molecular complexity index is 2420. The Morgan fingerprint density at radius 2 is 1.85 bits per heavy atom. The third-order valence-corrected chi connectivity index (χ3v) is 10.6. The van der Waals surface area contributed by atoms with E-state index in [2.05, 4.69) is 52.6 Å². The molecule has 6 heterocycles. The molecule has 8 rings (SSSR count). The van der Waals surface area contributed by atoms with Gasteiger partial charge in [0.2, 0.25) is 17.7 Å². The Labute approximate surface area is 315 Å². The van der Waals surface area contributed by atoms with E-state index in [4.69, 9.17) is 15.2 Å². The molecule has 2 aliphatic rings. The highest BCUT2D eigenvalue weighted by molar-refractivity contribution is 6.01. The SMILES string of the molecule is Cc1cc(-c2[nH]nc3ncc(-c4ccc(N5CCN(CCc6ccc([C@@H]7CCC(=O)NC7=O)c(F)c6)CC5)cn4)cc23)ccc1[C@@H](C)c1nc(C(N)=O)no1. The van der Waals surface area contributed by atoms with Gasteiger partial charge >= 0.3 is 0 Å². The fourth-order valence-corrected chi connectivity index (χ4v) is 7.48. The van der Waals surface area contributed by atoms with Crippen molar-refractivity contribution in [2.45, 2.75) is 44.9 Å². The molecule has 280 valence electrons. The van der Waals surface area contributed by atoms with Gasteiger partial charge in [-0.1, -0.05) is 29.4 Å². The number of aromatic nitrogens is 6. The zero-order valence-electron chi connectivity index (χ0n) is 30.4. The van der Waals surface area contributed by atoms with Crippen LogP contribution in [0.2, 0.25) is 0 Å². The third-order valence-electron chi connectivity index (χ3n) is 10.6. The van der Waals surface area contributed by atoms with E-state index in [1.165, 1.54) is 6.07 Å². The zero-order valence-corrected chi connectivity index (χ0v) is 30.4. The predicted molar refractivity (Wildman–Crippen MR) is 202 cm³/mol. The van der Waals surface area contributed by atoms with E-state index in [-0.39, 0.29) is 24.1 Å². The topological polar surface area (TPSA) is 189 Å². The molecular formula is C40H39FN10O4. The van der Waals surface area contributed by atoms with Crippen molar-refractivity contribution in [1.29, 1.82) is 0 Å². The van der Waals surface area contributed by atoms with Gasteiger partial charge in [-0.15, -0.1) is 0 Å². The van der Waals surface area contributed by atoms with Crippen molar-refractivity contribution >= 4 is 34.4 Å². The summed E-state index contributed by atoms with van der Waals surface area (Å²) in [4.78, 5) is 53.4. The van der Waals surface area contributed by atoms with Gasteiger partial charge in [-0.05, 0) is 73.7 Å². The quantitative estimate of drug-likeness (QED) is 0.166. The maximum atomic E-state index is 15.0. The van der Waals surface area contributed by atoms with Crippen LogP contribution >= 0.6 is 0 Å². The first-order chi connectivity index (χ1) is 26.6. The molecule has 4 N–H and O–H groups in total. The van der Waals surface area contributed by atoms with Gasteiger partial charge < -0.3 is 15.2 Å². The van der Waals surface area contributed by atoms with Gasteiger partial charge in [0.1, 0.15) is 5.82 Å². The number of hydrogen-bond acceptors (Lipinski definition) is 11. The summed E-state index contributed by atoms with van der Waals surface area (Å²) in [5.41, 5.74) is 13.6. The summed E-state index contributed by atoms with van der Waals surface area (Å²) in [5, 5.41) is 14.4. The number of piperidine rings is 1. The minimum Gasteiger partial charge on any atom is -0.368 e. The van der Waals surface area contributed by atoms with Crippen LogP contribution in [0.15, 0.2) is 71.5 Å². The highest BCUT2D eigenvalue weighted by Gasteiger charge is 2.30. The maximum Gasteiger partial charge on any atom is 0.290 e. The molecular weight excluding hydrogens is 704 g/mol. The van der Waals surface area contributed by atoms with Crippen molar-refractivity contribution in [1.82, 2.24) is 40.5 Å². The highest BCUT2D eigenvalue weighted by atomic mass is 19.1. The number of pyridine rings is 2. The van der Waals surface area contributed by atoms with Crippen LogP contribution in [0.3, 0.4) is 0 Å². The molecule has 2 aliphatic heterocycles. The van der Waals surface area contributed by atoms with E-state index < -0.39 is 23.5 Å². The van der Waals surface area contributed by atoms with Gasteiger partial charge in [-0.3, -0.25) is 34.7 Å². The molecule has 2 fully saturated rings. The molecule has 2 saturated heterocycles. The number of amides is 3. The molecule has 0 spiro atoms. The van der Waals surface area contributed by atoms with E-state index in [0.29, 0.717) is 29.9 Å². The summed E-state index contributed by atoms with van der Waals surface area (Å²) >= 11 is 0. The van der Waals surface area contributed by atoms with E-state index in [9.17, 15) is 18.8 Å². The minimum absolute atomic E-state index is 0.145. The number of aryl methyl sites for hydroxylation is 1. The lowest BCUT2D eigenvalue weighted by molar-refractivity contribution is -0.134. The van der Waals surface area contributed by atoms with Crippen molar-refractivity contribution in [3.05, 3.63) is 107 Å². The second-order valence-corrected chi connectivity index (χ2v) is 14.1. The second-order valence-electron chi connectivity index (χ2n) is 14.1. The first-order valence-electron chi connectivity index (χ1n) is 18.3. The summed E-state index contributed by atoms with van der Waals surface area (Å²) in [6.45, 7) is 8.16. The van der Waals surface area contributed by atoms with Gasteiger partial charge in [0.05, 0.1) is 35.1 Å². The Kier molecular flexibility index (Phi) is 9.61. The lowest BCUT2D eigenvalue weighted by Crippen LogP contribution is -2.47. The Hall–Kier alpha value is -6.35.